The van der Waals surface area contributed by atoms with E-state index in [-0.39, 0.29) is 11.4 Å². The monoisotopic (exact) mass is 456 g/mol. The number of carbonyl (C=O) groups is 1. The molecule has 1 amide bonds. The Kier molecular flexibility index (Phi) is 5.39. The number of pyridine rings is 1. The van der Waals surface area contributed by atoms with E-state index >= 15 is 0 Å². The van der Waals surface area contributed by atoms with Crippen LogP contribution in [0.5, 0.6) is 5.75 Å². The number of nitrogens with zero attached hydrogens (tertiary/aromatic N) is 1. The Bertz CT molecular complexity index is 1500. The van der Waals surface area contributed by atoms with E-state index in [1.165, 1.54) is 6.07 Å². The predicted molar refractivity (Wildman–Crippen MR) is 129 cm³/mol. The third-order valence-electron chi connectivity index (χ3n) is 5.16. The highest BCUT2D eigenvalue weighted by molar-refractivity contribution is 6.08. The van der Waals surface area contributed by atoms with Gasteiger partial charge in [0.15, 0.2) is 0 Å². The van der Waals surface area contributed by atoms with Gasteiger partial charge >= 0.3 is 6.09 Å². The fourth-order valence-corrected chi connectivity index (χ4v) is 3.71. The summed E-state index contributed by atoms with van der Waals surface area (Å²) in [7, 11) is 0. The number of aromatic nitrogens is 1. The van der Waals surface area contributed by atoms with Gasteiger partial charge < -0.3 is 15.8 Å². The van der Waals surface area contributed by atoms with Crippen LogP contribution < -0.4 is 21.1 Å². The molecule has 1 heterocycles. The Morgan fingerprint density at radius 3 is 2.21 bits per heavy atom. The average Bonchev–Trinajstić information content (AvgIpc) is 2.80. The first-order valence-electron chi connectivity index (χ1n) is 10.4. The standard InChI is InChI=1S/C26H18F2N4O2/c27-15-9-10-24(21(28)11-15)32-26(33)34-18-13-16(29)12-17(14-18)30-25-19-5-1-3-7-22(19)31-23-8-4-2-6-20(23)25/h1-14H,29H2,(H,30,31)(H,32,33). The number of anilines is 4. The Balaban J connectivity index is 1.45. The number of nitrogens with one attached hydrogen (secondary N) is 2. The van der Waals surface area contributed by atoms with E-state index in [1.807, 2.05) is 48.5 Å². The van der Waals surface area contributed by atoms with Crippen LogP contribution in [0.3, 0.4) is 0 Å². The van der Waals surface area contributed by atoms with Crippen LogP contribution in [0, 0.1) is 11.6 Å². The van der Waals surface area contributed by atoms with Crippen molar-refractivity contribution in [2.24, 2.45) is 0 Å². The third-order valence-corrected chi connectivity index (χ3v) is 5.16. The normalized spacial score (nSPS) is 10.9. The van der Waals surface area contributed by atoms with Crippen molar-refractivity contribution in [3.05, 3.63) is 96.6 Å². The van der Waals surface area contributed by atoms with Gasteiger partial charge in [-0.2, -0.15) is 0 Å². The summed E-state index contributed by atoms with van der Waals surface area (Å²) in [6.45, 7) is 0. The summed E-state index contributed by atoms with van der Waals surface area (Å²) in [5, 5.41) is 7.45. The van der Waals surface area contributed by atoms with Gasteiger partial charge in [-0.25, -0.2) is 18.6 Å². The molecule has 34 heavy (non-hydrogen) atoms. The molecule has 5 rings (SSSR count). The molecule has 4 N–H and O–H groups in total. The molecule has 1 aromatic heterocycles. The molecule has 0 aliphatic rings. The molecule has 0 unspecified atom stereocenters. The maximum Gasteiger partial charge on any atom is 0.417 e. The molecular weight excluding hydrogens is 438 g/mol. The number of para-hydroxylation sites is 2. The zero-order chi connectivity index (χ0) is 23.7. The smallest absolute Gasteiger partial charge is 0.410 e. The number of nitrogen functional groups attached to an aromatic ring is 1. The largest absolute Gasteiger partial charge is 0.417 e. The number of ether oxygens (including phenoxy) is 1. The van der Waals surface area contributed by atoms with Gasteiger partial charge in [0.2, 0.25) is 0 Å². The van der Waals surface area contributed by atoms with Gasteiger partial charge in [-0.05, 0) is 30.3 Å². The summed E-state index contributed by atoms with van der Waals surface area (Å²) in [6, 6.07) is 23.1. The molecule has 0 saturated carbocycles. The number of nitrogens with two attached hydrogens (primary N) is 1. The molecule has 0 atom stereocenters. The molecule has 0 spiro atoms. The minimum Gasteiger partial charge on any atom is -0.410 e. The minimum atomic E-state index is -0.943. The highest BCUT2D eigenvalue weighted by Crippen LogP contribution is 2.34. The molecule has 0 aliphatic carbocycles. The van der Waals surface area contributed by atoms with Crippen molar-refractivity contribution in [3.63, 3.8) is 0 Å². The molecule has 0 saturated heterocycles. The number of fused-ring (bicyclic) bond motifs is 2. The second-order valence-electron chi connectivity index (χ2n) is 7.58. The van der Waals surface area contributed by atoms with E-state index in [1.54, 1.807) is 12.1 Å². The summed E-state index contributed by atoms with van der Waals surface area (Å²) in [4.78, 5) is 17.0. The van der Waals surface area contributed by atoms with Gasteiger partial charge in [0.25, 0.3) is 0 Å². The van der Waals surface area contributed by atoms with Crippen LogP contribution in [-0.4, -0.2) is 11.1 Å². The summed E-state index contributed by atoms with van der Waals surface area (Å²) in [5.74, 6) is -1.52. The first kappa shape index (κ1) is 21.1. The molecule has 6 nitrogen and oxygen atoms in total. The second-order valence-corrected chi connectivity index (χ2v) is 7.58. The first-order valence-corrected chi connectivity index (χ1v) is 10.4. The molecule has 0 bridgehead atoms. The Morgan fingerprint density at radius 1 is 0.853 bits per heavy atom. The highest BCUT2D eigenvalue weighted by Gasteiger charge is 2.13. The van der Waals surface area contributed by atoms with Crippen LogP contribution in [-0.2, 0) is 0 Å². The van der Waals surface area contributed by atoms with Crippen LogP contribution in [0.25, 0.3) is 21.8 Å². The van der Waals surface area contributed by atoms with E-state index in [9.17, 15) is 13.6 Å². The summed E-state index contributed by atoms with van der Waals surface area (Å²) < 4.78 is 32.2. The number of hydrogen-bond donors (Lipinski definition) is 3. The average molecular weight is 456 g/mol. The minimum absolute atomic E-state index is 0.144. The van der Waals surface area contributed by atoms with Gasteiger partial charge in [0, 0.05) is 40.3 Å². The molecule has 8 heteroatoms. The van der Waals surface area contributed by atoms with Crippen LogP contribution in [0.4, 0.5) is 36.3 Å². The van der Waals surface area contributed by atoms with E-state index in [0.29, 0.717) is 17.4 Å². The zero-order valence-corrected chi connectivity index (χ0v) is 17.7. The lowest BCUT2D eigenvalue weighted by Gasteiger charge is -2.15. The Hall–Kier alpha value is -4.72. The lowest BCUT2D eigenvalue weighted by molar-refractivity contribution is 0.215. The van der Waals surface area contributed by atoms with Gasteiger partial charge in [-0.1, -0.05) is 36.4 Å². The van der Waals surface area contributed by atoms with Crippen molar-refractivity contribution in [1.29, 1.82) is 0 Å². The fraction of sp³-hybridized carbons (Fsp3) is 0. The van der Waals surface area contributed by atoms with Crippen LogP contribution in [0.2, 0.25) is 0 Å². The third kappa shape index (κ3) is 4.29. The number of amides is 1. The quantitative estimate of drug-likeness (QED) is 0.209. The molecule has 168 valence electrons. The van der Waals surface area contributed by atoms with Crippen molar-refractivity contribution >= 4 is 50.6 Å². The topological polar surface area (TPSA) is 89.3 Å². The van der Waals surface area contributed by atoms with Crippen molar-refractivity contribution in [2.45, 2.75) is 0 Å². The lowest BCUT2D eigenvalue weighted by atomic mass is 10.1. The fourth-order valence-electron chi connectivity index (χ4n) is 3.71. The van der Waals surface area contributed by atoms with E-state index in [0.717, 1.165) is 39.6 Å². The molecule has 4 aromatic carbocycles. The van der Waals surface area contributed by atoms with Gasteiger partial charge in [0.1, 0.15) is 17.4 Å². The predicted octanol–water partition coefficient (Wildman–Crippen LogP) is 6.60. The van der Waals surface area contributed by atoms with E-state index < -0.39 is 17.7 Å². The van der Waals surface area contributed by atoms with E-state index in [4.69, 9.17) is 15.5 Å². The molecule has 0 fully saturated rings. The number of benzene rings is 4. The van der Waals surface area contributed by atoms with Crippen molar-refractivity contribution in [3.8, 4) is 5.75 Å². The number of rotatable bonds is 4. The molecule has 5 aromatic rings. The maximum absolute atomic E-state index is 13.8. The number of hydrogen-bond acceptors (Lipinski definition) is 5. The second kappa shape index (κ2) is 8.67. The Morgan fingerprint density at radius 2 is 1.53 bits per heavy atom. The lowest BCUT2D eigenvalue weighted by Crippen LogP contribution is -2.17. The molecule has 0 aliphatic heterocycles. The highest BCUT2D eigenvalue weighted by atomic mass is 19.1. The number of carbonyl (C=O) groups excluding carboxylic acids is 1. The van der Waals surface area contributed by atoms with Gasteiger partial charge in [0.05, 0.1) is 22.4 Å². The SMILES string of the molecule is Nc1cc(Nc2c3ccccc3nc3ccccc23)cc(OC(=O)Nc2ccc(F)cc2F)c1. The maximum atomic E-state index is 13.8. The van der Waals surface area contributed by atoms with E-state index in [2.05, 4.69) is 10.6 Å². The van der Waals surface area contributed by atoms with Gasteiger partial charge in [-0.3, -0.25) is 5.32 Å². The van der Waals surface area contributed by atoms with Crippen molar-refractivity contribution in [1.82, 2.24) is 4.98 Å². The molecule has 0 radical (unpaired) electrons. The van der Waals surface area contributed by atoms with Crippen LogP contribution >= 0.6 is 0 Å². The summed E-state index contributed by atoms with van der Waals surface area (Å²) in [6.07, 6.45) is -0.943. The van der Waals surface area contributed by atoms with Crippen LogP contribution in [0.1, 0.15) is 0 Å². The van der Waals surface area contributed by atoms with Crippen molar-refractivity contribution in [2.75, 3.05) is 16.4 Å². The first-order chi connectivity index (χ1) is 16.5. The van der Waals surface area contributed by atoms with Crippen LogP contribution in [0.15, 0.2) is 84.9 Å². The summed E-state index contributed by atoms with van der Waals surface area (Å²) >= 11 is 0. The zero-order valence-electron chi connectivity index (χ0n) is 17.7. The van der Waals surface area contributed by atoms with Gasteiger partial charge in [-0.15, -0.1) is 0 Å². The molecular formula is C26H18F2N4O2. The van der Waals surface area contributed by atoms with Crippen molar-refractivity contribution < 1.29 is 18.3 Å². The summed E-state index contributed by atoms with van der Waals surface area (Å²) in [5.41, 5.74) is 9.24. The number of halogens is 2. The Labute approximate surface area is 193 Å².